The second kappa shape index (κ2) is 6.97. The summed E-state index contributed by atoms with van der Waals surface area (Å²) < 4.78 is 0. The molecule has 1 fully saturated rings. The van der Waals surface area contributed by atoms with Crippen LogP contribution < -0.4 is 10.6 Å². The van der Waals surface area contributed by atoms with E-state index in [0.29, 0.717) is 12.0 Å². The lowest BCUT2D eigenvalue weighted by molar-refractivity contribution is -0.118. The average molecular weight is 288 g/mol. The zero-order chi connectivity index (χ0) is 15.4. The molecule has 21 heavy (non-hydrogen) atoms. The molecule has 1 aliphatic rings. The van der Waals surface area contributed by atoms with Gasteiger partial charge in [-0.05, 0) is 36.5 Å². The normalized spacial score (nSPS) is 25.7. The maximum absolute atomic E-state index is 11.8. The van der Waals surface area contributed by atoms with Crippen LogP contribution in [-0.4, -0.2) is 11.9 Å². The summed E-state index contributed by atoms with van der Waals surface area (Å²) in [6.45, 7) is 8.49. The first-order chi connectivity index (χ1) is 9.97. The minimum atomic E-state index is 0.000770. The summed E-state index contributed by atoms with van der Waals surface area (Å²) in [7, 11) is 0. The Morgan fingerprint density at radius 1 is 1.19 bits per heavy atom. The highest BCUT2D eigenvalue weighted by molar-refractivity contribution is 5.92. The predicted molar refractivity (Wildman–Crippen MR) is 89.5 cm³/mol. The van der Waals surface area contributed by atoms with Gasteiger partial charge in [-0.15, -0.1) is 0 Å². The molecule has 0 aliphatic heterocycles. The highest BCUT2D eigenvalue weighted by Gasteiger charge is 2.26. The van der Waals surface area contributed by atoms with E-state index in [1.807, 2.05) is 32.0 Å². The Hall–Kier alpha value is -1.51. The van der Waals surface area contributed by atoms with Crippen molar-refractivity contribution in [1.29, 1.82) is 0 Å². The number of carbonyl (C=O) groups excluding carboxylic acids is 1. The van der Waals surface area contributed by atoms with Crippen molar-refractivity contribution in [2.24, 2.45) is 17.8 Å². The zero-order valence-corrected chi connectivity index (χ0v) is 13.6. The SMILES string of the molecule is CC(C)C(=O)Nc1cccc(NC2CCCC(C)C2C)c1. The van der Waals surface area contributed by atoms with Crippen LogP contribution in [0.4, 0.5) is 11.4 Å². The quantitative estimate of drug-likeness (QED) is 0.855. The summed E-state index contributed by atoms with van der Waals surface area (Å²) >= 11 is 0. The lowest BCUT2D eigenvalue weighted by atomic mass is 9.78. The predicted octanol–water partition coefficient (Wildman–Crippen LogP) is 4.52. The monoisotopic (exact) mass is 288 g/mol. The molecule has 0 aromatic heterocycles. The van der Waals surface area contributed by atoms with Crippen molar-refractivity contribution in [2.75, 3.05) is 10.6 Å². The minimum Gasteiger partial charge on any atom is -0.382 e. The van der Waals surface area contributed by atoms with E-state index < -0.39 is 0 Å². The molecule has 0 saturated heterocycles. The van der Waals surface area contributed by atoms with Gasteiger partial charge in [0.15, 0.2) is 0 Å². The molecule has 3 atom stereocenters. The Labute approximate surface area is 128 Å². The molecule has 0 bridgehead atoms. The third-order valence-electron chi connectivity index (χ3n) is 4.71. The van der Waals surface area contributed by atoms with Crippen LogP contribution in [0.5, 0.6) is 0 Å². The van der Waals surface area contributed by atoms with Gasteiger partial charge < -0.3 is 10.6 Å². The number of carbonyl (C=O) groups is 1. The number of hydrogen-bond acceptors (Lipinski definition) is 2. The van der Waals surface area contributed by atoms with E-state index in [2.05, 4.69) is 30.5 Å². The van der Waals surface area contributed by atoms with Crippen molar-refractivity contribution in [1.82, 2.24) is 0 Å². The van der Waals surface area contributed by atoms with E-state index in [1.54, 1.807) is 0 Å². The van der Waals surface area contributed by atoms with Crippen LogP contribution >= 0.6 is 0 Å². The Morgan fingerprint density at radius 3 is 2.62 bits per heavy atom. The summed E-state index contributed by atoms with van der Waals surface area (Å²) in [6, 6.07) is 8.58. The molecule has 3 nitrogen and oxygen atoms in total. The average Bonchev–Trinajstić information content (AvgIpc) is 2.44. The number of amides is 1. The van der Waals surface area contributed by atoms with Crippen molar-refractivity contribution in [3.63, 3.8) is 0 Å². The van der Waals surface area contributed by atoms with E-state index in [0.717, 1.165) is 17.3 Å². The summed E-state index contributed by atoms with van der Waals surface area (Å²) in [6.07, 6.45) is 3.87. The maximum Gasteiger partial charge on any atom is 0.226 e. The summed E-state index contributed by atoms with van der Waals surface area (Å²) in [4.78, 5) is 11.8. The smallest absolute Gasteiger partial charge is 0.226 e. The number of nitrogens with one attached hydrogen (secondary N) is 2. The van der Waals surface area contributed by atoms with Crippen molar-refractivity contribution < 1.29 is 4.79 Å². The van der Waals surface area contributed by atoms with Gasteiger partial charge >= 0.3 is 0 Å². The fourth-order valence-corrected chi connectivity index (χ4v) is 2.97. The molecular weight excluding hydrogens is 260 g/mol. The van der Waals surface area contributed by atoms with E-state index in [9.17, 15) is 4.79 Å². The highest BCUT2D eigenvalue weighted by Crippen LogP contribution is 2.32. The minimum absolute atomic E-state index is 0.000770. The summed E-state index contributed by atoms with van der Waals surface area (Å²) in [5.41, 5.74) is 1.97. The zero-order valence-electron chi connectivity index (χ0n) is 13.6. The topological polar surface area (TPSA) is 41.1 Å². The Morgan fingerprint density at radius 2 is 1.90 bits per heavy atom. The first kappa shape index (κ1) is 15.9. The third kappa shape index (κ3) is 4.23. The van der Waals surface area contributed by atoms with Crippen LogP contribution in [0.2, 0.25) is 0 Å². The molecule has 1 aromatic carbocycles. The van der Waals surface area contributed by atoms with Gasteiger partial charge in [0.1, 0.15) is 0 Å². The van der Waals surface area contributed by atoms with Gasteiger partial charge in [0.05, 0.1) is 0 Å². The van der Waals surface area contributed by atoms with Gasteiger partial charge in [-0.2, -0.15) is 0 Å². The van der Waals surface area contributed by atoms with Crippen molar-refractivity contribution in [3.8, 4) is 0 Å². The lowest BCUT2D eigenvalue weighted by Gasteiger charge is -2.35. The third-order valence-corrected chi connectivity index (χ3v) is 4.71. The van der Waals surface area contributed by atoms with E-state index in [-0.39, 0.29) is 11.8 Å². The molecule has 2 N–H and O–H groups in total. The number of hydrogen-bond donors (Lipinski definition) is 2. The maximum atomic E-state index is 11.8. The number of anilines is 2. The second-order valence-corrected chi connectivity index (χ2v) is 6.74. The highest BCUT2D eigenvalue weighted by atomic mass is 16.1. The molecule has 3 heteroatoms. The molecule has 116 valence electrons. The largest absolute Gasteiger partial charge is 0.382 e. The van der Waals surface area contributed by atoms with Crippen molar-refractivity contribution >= 4 is 17.3 Å². The van der Waals surface area contributed by atoms with Crippen LogP contribution in [0.25, 0.3) is 0 Å². The Bertz CT molecular complexity index is 484. The fraction of sp³-hybridized carbons (Fsp3) is 0.611. The molecule has 1 amide bonds. The van der Waals surface area contributed by atoms with E-state index in [4.69, 9.17) is 0 Å². The van der Waals surface area contributed by atoms with Gasteiger partial charge in [-0.1, -0.05) is 46.6 Å². The molecule has 1 saturated carbocycles. The van der Waals surface area contributed by atoms with Crippen LogP contribution in [-0.2, 0) is 4.79 Å². The van der Waals surface area contributed by atoms with Crippen LogP contribution in [0, 0.1) is 17.8 Å². The van der Waals surface area contributed by atoms with Crippen LogP contribution in [0.3, 0.4) is 0 Å². The number of benzene rings is 1. The van der Waals surface area contributed by atoms with Gasteiger partial charge in [0.2, 0.25) is 5.91 Å². The van der Waals surface area contributed by atoms with Crippen molar-refractivity contribution in [3.05, 3.63) is 24.3 Å². The molecule has 0 radical (unpaired) electrons. The Kier molecular flexibility index (Phi) is 5.27. The standard InChI is InChI=1S/C18H28N2O/c1-12(2)18(21)20-16-9-6-8-15(11-16)19-17-10-5-7-13(3)14(17)4/h6,8-9,11-14,17,19H,5,7,10H2,1-4H3,(H,20,21). The van der Waals surface area contributed by atoms with E-state index >= 15 is 0 Å². The van der Waals surface area contributed by atoms with E-state index in [1.165, 1.54) is 19.3 Å². The number of rotatable bonds is 4. The molecule has 3 unspecified atom stereocenters. The van der Waals surface area contributed by atoms with Crippen LogP contribution in [0.15, 0.2) is 24.3 Å². The summed E-state index contributed by atoms with van der Waals surface area (Å²) in [5.74, 6) is 1.53. The molecule has 0 heterocycles. The second-order valence-electron chi connectivity index (χ2n) is 6.74. The lowest BCUT2D eigenvalue weighted by Crippen LogP contribution is -2.35. The molecular formula is C18H28N2O. The Balaban J connectivity index is 2.02. The molecule has 1 aliphatic carbocycles. The van der Waals surface area contributed by atoms with Gasteiger partial charge in [-0.25, -0.2) is 0 Å². The first-order valence-corrected chi connectivity index (χ1v) is 8.15. The van der Waals surface area contributed by atoms with Gasteiger partial charge in [-0.3, -0.25) is 4.79 Å². The first-order valence-electron chi connectivity index (χ1n) is 8.15. The van der Waals surface area contributed by atoms with Crippen molar-refractivity contribution in [2.45, 2.75) is 53.0 Å². The molecule has 0 spiro atoms. The summed E-state index contributed by atoms with van der Waals surface area (Å²) in [5, 5.41) is 6.61. The van der Waals surface area contributed by atoms with Gasteiger partial charge in [0.25, 0.3) is 0 Å². The van der Waals surface area contributed by atoms with Gasteiger partial charge in [0, 0.05) is 23.3 Å². The molecule has 2 rings (SSSR count). The van der Waals surface area contributed by atoms with Crippen LogP contribution in [0.1, 0.15) is 47.0 Å². The molecule has 1 aromatic rings. The fourth-order valence-electron chi connectivity index (χ4n) is 2.97.